The minimum Gasteiger partial charge on any atom is -0.480 e. The van der Waals surface area contributed by atoms with E-state index in [9.17, 15) is 29.1 Å². The Morgan fingerprint density at radius 2 is 1.55 bits per heavy atom. The number of aliphatic hydroxyl groups excluding tert-OH is 1. The minimum absolute atomic E-state index is 0.134. The first-order valence-corrected chi connectivity index (χ1v) is 10.2. The summed E-state index contributed by atoms with van der Waals surface area (Å²) in [5.41, 5.74) is 16.0. The van der Waals surface area contributed by atoms with Crippen LogP contribution in [0.2, 0.25) is 0 Å². The molecule has 31 heavy (non-hydrogen) atoms. The number of thiol groups is 1. The number of hydrogen-bond donors (Lipinski definition) is 9. The van der Waals surface area contributed by atoms with Gasteiger partial charge in [-0.05, 0) is 32.7 Å². The van der Waals surface area contributed by atoms with Gasteiger partial charge in [-0.25, -0.2) is 4.79 Å². The largest absolute Gasteiger partial charge is 0.480 e. The van der Waals surface area contributed by atoms with Gasteiger partial charge in [-0.3, -0.25) is 19.2 Å². The number of carboxylic acid groups (broad SMARTS) is 1. The molecule has 0 aromatic rings. The van der Waals surface area contributed by atoms with E-state index in [-0.39, 0.29) is 12.2 Å². The molecular weight excluding hydrogens is 432 g/mol. The molecule has 0 saturated carbocycles. The first-order chi connectivity index (χ1) is 14.4. The molecule has 5 atom stereocenters. The summed E-state index contributed by atoms with van der Waals surface area (Å²) in [6, 6.07) is -5.25. The van der Waals surface area contributed by atoms with E-state index in [1.54, 1.807) is 0 Å². The van der Waals surface area contributed by atoms with Gasteiger partial charge in [-0.15, -0.1) is 0 Å². The molecule has 0 radical (unpaired) electrons. The Hall–Kier alpha value is -2.42. The monoisotopic (exact) mass is 464 g/mol. The zero-order valence-electron chi connectivity index (χ0n) is 17.2. The van der Waals surface area contributed by atoms with Gasteiger partial charge in [0, 0.05) is 5.75 Å². The van der Waals surface area contributed by atoms with Crippen molar-refractivity contribution in [2.75, 3.05) is 12.3 Å². The van der Waals surface area contributed by atoms with Crippen LogP contribution in [0, 0.1) is 0 Å². The molecule has 0 aliphatic heterocycles. The Balaban J connectivity index is 5.34. The van der Waals surface area contributed by atoms with Gasteiger partial charge in [-0.2, -0.15) is 12.6 Å². The number of hydrogen-bond acceptors (Lipinski definition) is 9. The minimum atomic E-state index is -1.49. The van der Waals surface area contributed by atoms with E-state index >= 15 is 0 Å². The van der Waals surface area contributed by atoms with Crippen molar-refractivity contribution >= 4 is 42.2 Å². The van der Waals surface area contributed by atoms with Crippen LogP contribution in [0.15, 0.2) is 0 Å². The van der Waals surface area contributed by atoms with E-state index in [4.69, 9.17) is 22.3 Å². The molecule has 178 valence electrons. The van der Waals surface area contributed by atoms with Gasteiger partial charge in [0.15, 0.2) is 0 Å². The molecular formula is C17H32N6O7S. The maximum atomic E-state index is 12.6. The summed E-state index contributed by atoms with van der Waals surface area (Å²) in [5, 5.41) is 25.9. The Morgan fingerprint density at radius 3 is 2.00 bits per heavy atom. The van der Waals surface area contributed by atoms with Gasteiger partial charge in [0.2, 0.25) is 23.6 Å². The molecule has 0 aromatic heterocycles. The first kappa shape index (κ1) is 28.6. The molecule has 4 amide bonds. The number of rotatable bonds is 15. The van der Waals surface area contributed by atoms with Gasteiger partial charge in [0.1, 0.15) is 18.1 Å². The number of aliphatic hydroxyl groups is 1. The lowest BCUT2D eigenvalue weighted by Gasteiger charge is -2.26. The van der Waals surface area contributed by atoms with Crippen LogP contribution >= 0.6 is 12.6 Å². The summed E-state index contributed by atoms with van der Waals surface area (Å²) >= 11 is 3.87. The normalized spacial score (nSPS) is 15.6. The maximum Gasteiger partial charge on any atom is 0.327 e. The number of amides is 4. The number of nitrogens with two attached hydrogens (primary N) is 3. The van der Waals surface area contributed by atoms with Crippen molar-refractivity contribution in [2.45, 2.75) is 62.9 Å². The molecule has 14 heteroatoms. The lowest BCUT2D eigenvalue weighted by Crippen LogP contribution is -2.60. The van der Waals surface area contributed by atoms with E-state index in [0.29, 0.717) is 19.4 Å². The zero-order valence-corrected chi connectivity index (χ0v) is 18.1. The standard InChI is InChI=1S/C17H32N6O7S/c1-8(24)13(23-14(26)9(19)6-12(20)25)16(28)21-10(4-2-3-5-18)15(27)22-11(7-31)17(29)30/h8-11,13,24,31H,2-7,18-19H2,1H3,(H2,20,25)(H,21,28)(H,22,27)(H,23,26)(H,29,30). The highest BCUT2D eigenvalue weighted by atomic mass is 32.1. The molecule has 0 heterocycles. The Bertz CT molecular complexity index is 648. The highest BCUT2D eigenvalue weighted by Gasteiger charge is 2.32. The maximum absolute atomic E-state index is 12.6. The van der Waals surface area contributed by atoms with E-state index in [1.807, 2.05) is 0 Å². The van der Waals surface area contributed by atoms with Crippen molar-refractivity contribution in [2.24, 2.45) is 17.2 Å². The zero-order chi connectivity index (χ0) is 24.1. The SMILES string of the molecule is CC(O)C(NC(=O)C(N)CC(N)=O)C(=O)NC(CCCCN)C(=O)NC(CS)C(=O)O. The number of primary amides is 1. The van der Waals surface area contributed by atoms with Crippen molar-refractivity contribution < 1.29 is 34.2 Å². The van der Waals surface area contributed by atoms with Crippen molar-refractivity contribution in [3.8, 4) is 0 Å². The lowest BCUT2D eigenvalue weighted by atomic mass is 10.1. The smallest absolute Gasteiger partial charge is 0.327 e. The number of carboxylic acids is 1. The van der Waals surface area contributed by atoms with Crippen molar-refractivity contribution in [3.63, 3.8) is 0 Å². The molecule has 0 aliphatic carbocycles. The van der Waals surface area contributed by atoms with Crippen LogP contribution in [0.5, 0.6) is 0 Å². The van der Waals surface area contributed by atoms with Crippen LogP contribution in [0.3, 0.4) is 0 Å². The van der Waals surface area contributed by atoms with Crippen molar-refractivity contribution in [3.05, 3.63) is 0 Å². The molecule has 5 unspecified atom stereocenters. The average Bonchev–Trinajstić information content (AvgIpc) is 2.67. The van der Waals surface area contributed by atoms with Crippen molar-refractivity contribution in [1.29, 1.82) is 0 Å². The Kier molecular flexibility index (Phi) is 13.4. The quantitative estimate of drug-likeness (QED) is 0.0850. The molecule has 0 aromatic carbocycles. The summed E-state index contributed by atoms with van der Waals surface area (Å²) in [4.78, 5) is 59.3. The average molecular weight is 465 g/mol. The second-order valence-electron chi connectivity index (χ2n) is 6.93. The Morgan fingerprint density at radius 1 is 0.968 bits per heavy atom. The summed E-state index contributed by atoms with van der Waals surface area (Å²) in [5.74, 6) is -4.87. The van der Waals surface area contributed by atoms with Crippen LogP contribution in [-0.2, 0) is 24.0 Å². The van der Waals surface area contributed by atoms with Crippen LogP contribution in [0.4, 0.5) is 0 Å². The predicted octanol–water partition coefficient (Wildman–Crippen LogP) is -3.83. The molecule has 0 fully saturated rings. The van der Waals surface area contributed by atoms with Crippen LogP contribution in [0.1, 0.15) is 32.6 Å². The topological polar surface area (TPSA) is 240 Å². The molecule has 0 bridgehead atoms. The predicted molar refractivity (Wildman–Crippen MR) is 114 cm³/mol. The van der Waals surface area contributed by atoms with E-state index in [0.717, 1.165) is 0 Å². The van der Waals surface area contributed by atoms with Crippen LogP contribution in [0.25, 0.3) is 0 Å². The third-order valence-corrected chi connectivity index (χ3v) is 4.56. The first-order valence-electron chi connectivity index (χ1n) is 9.61. The second-order valence-corrected chi connectivity index (χ2v) is 7.30. The van der Waals surface area contributed by atoms with Gasteiger partial charge in [0.25, 0.3) is 0 Å². The van der Waals surface area contributed by atoms with Crippen LogP contribution in [-0.4, -0.2) is 82.4 Å². The fourth-order valence-electron chi connectivity index (χ4n) is 2.46. The molecule has 0 rings (SSSR count). The number of carbonyl (C=O) groups is 5. The van der Waals surface area contributed by atoms with Gasteiger partial charge in [0.05, 0.1) is 18.6 Å². The molecule has 11 N–H and O–H groups in total. The van der Waals surface area contributed by atoms with E-state index in [1.165, 1.54) is 6.92 Å². The fraction of sp³-hybridized carbons (Fsp3) is 0.706. The third kappa shape index (κ3) is 11.0. The highest BCUT2D eigenvalue weighted by Crippen LogP contribution is 2.05. The second kappa shape index (κ2) is 14.6. The number of carbonyl (C=O) groups excluding carboxylic acids is 4. The van der Waals surface area contributed by atoms with Crippen LogP contribution < -0.4 is 33.2 Å². The summed E-state index contributed by atoms with van der Waals surface area (Å²) in [7, 11) is 0. The van der Waals surface area contributed by atoms with Gasteiger partial charge in [-0.1, -0.05) is 0 Å². The number of aliphatic carboxylic acids is 1. The lowest BCUT2D eigenvalue weighted by molar-refractivity contribution is -0.141. The number of nitrogens with one attached hydrogen (secondary N) is 3. The third-order valence-electron chi connectivity index (χ3n) is 4.20. The number of unbranched alkanes of at least 4 members (excludes halogenated alkanes) is 1. The van der Waals surface area contributed by atoms with Gasteiger partial charge < -0.3 is 43.4 Å². The van der Waals surface area contributed by atoms with Crippen molar-refractivity contribution in [1.82, 2.24) is 16.0 Å². The summed E-state index contributed by atoms with van der Waals surface area (Å²) in [6.45, 7) is 1.58. The molecule has 0 saturated heterocycles. The van der Waals surface area contributed by atoms with E-state index in [2.05, 4.69) is 28.6 Å². The van der Waals surface area contributed by atoms with E-state index < -0.39 is 66.3 Å². The molecule has 0 aliphatic rings. The summed E-state index contributed by atoms with van der Waals surface area (Å²) < 4.78 is 0. The fourth-order valence-corrected chi connectivity index (χ4v) is 2.70. The molecule has 13 nitrogen and oxygen atoms in total. The highest BCUT2D eigenvalue weighted by molar-refractivity contribution is 7.80. The van der Waals surface area contributed by atoms with Gasteiger partial charge >= 0.3 is 5.97 Å². The molecule has 0 spiro atoms. The Labute approximate surface area is 185 Å². The summed E-state index contributed by atoms with van der Waals surface area (Å²) in [6.07, 6.45) is -0.711.